The zero-order valence-corrected chi connectivity index (χ0v) is 15.0. The number of fused-ring (bicyclic) bond motifs is 1. The van der Waals surface area contributed by atoms with Gasteiger partial charge in [-0.15, -0.1) is 0 Å². The van der Waals surface area contributed by atoms with E-state index in [1.807, 2.05) is 84.5 Å². The van der Waals surface area contributed by atoms with Gasteiger partial charge in [-0.05, 0) is 41.1 Å². The van der Waals surface area contributed by atoms with Gasteiger partial charge < -0.3 is 9.88 Å². The van der Waals surface area contributed by atoms with E-state index in [1.165, 1.54) is 0 Å². The van der Waals surface area contributed by atoms with Gasteiger partial charge in [-0.3, -0.25) is 4.79 Å². The predicted octanol–water partition coefficient (Wildman–Crippen LogP) is 4.98. The number of benzene rings is 3. The lowest BCUT2D eigenvalue weighted by molar-refractivity contribution is 0.102. The Morgan fingerprint density at radius 2 is 1.77 bits per heavy atom. The molecule has 0 bridgehead atoms. The molecule has 0 atom stereocenters. The van der Waals surface area contributed by atoms with Crippen LogP contribution in [0.2, 0.25) is 0 Å². The van der Waals surface area contributed by atoms with Crippen molar-refractivity contribution in [1.29, 1.82) is 0 Å². The molecule has 4 aromatic rings. The maximum atomic E-state index is 12.7. The van der Waals surface area contributed by atoms with Crippen molar-refractivity contribution in [3.05, 3.63) is 84.7 Å². The lowest BCUT2D eigenvalue weighted by Gasteiger charge is -2.09. The third-order valence-corrected chi connectivity index (χ3v) is 5.22. The van der Waals surface area contributed by atoms with Crippen LogP contribution in [-0.4, -0.2) is 15.5 Å². The van der Waals surface area contributed by atoms with Gasteiger partial charge in [0.25, 0.3) is 5.91 Å². The number of aryl methyl sites for hydroxylation is 1. The zero-order chi connectivity index (χ0) is 17.9. The van der Waals surface area contributed by atoms with Gasteiger partial charge in [-0.2, -0.15) is 0 Å². The highest BCUT2D eigenvalue weighted by Gasteiger charge is 2.10. The van der Waals surface area contributed by atoms with E-state index < -0.39 is 0 Å². The summed E-state index contributed by atoms with van der Waals surface area (Å²) >= 11 is 1.59. The van der Waals surface area contributed by atoms with Gasteiger partial charge in [0.1, 0.15) is 0 Å². The normalized spacial score (nSPS) is 10.8. The van der Waals surface area contributed by atoms with E-state index in [2.05, 4.69) is 10.3 Å². The van der Waals surface area contributed by atoms with E-state index in [-0.39, 0.29) is 5.91 Å². The number of nitrogens with one attached hydrogen (secondary N) is 1. The second-order valence-electron chi connectivity index (χ2n) is 5.93. The van der Waals surface area contributed by atoms with Gasteiger partial charge in [-0.25, -0.2) is 4.98 Å². The first-order chi connectivity index (χ1) is 12.7. The summed E-state index contributed by atoms with van der Waals surface area (Å²) in [6, 6.07) is 21.5. The smallest absolute Gasteiger partial charge is 0.256 e. The number of carbonyl (C=O) groups excluding carboxylic acids is 1. The Morgan fingerprint density at radius 1 is 1.00 bits per heavy atom. The van der Waals surface area contributed by atoms with Crippen molar-refractivity contribution in [3.63, 3.8) is 0 Å². The van der Waals surface area contributed by atoms with Crippen LogP contribution in [0.25, 0.3) is 10.8 Å². The van der Waals surface area contributed by atoms with Gasteiger partial charge in [0.2, 0.25) is 0 Å². The fraction of sp³-hybridized carbons (Fsp3) is 0.0476. The minimum absolute atomic E-state index is 0.105. The summed E-state index contributed by atoms with van der Waals surface area (Å²) in [5.74, 6) is -0.105. The number of hydrogen-bond acceptors (Lipinski definition) is 3. The molecule has 0 aliphatic rings. The molecule has 1 aromatic heterocycles. The molecule has 4 nitrogen and oxygen atoms in total. The molecule has 1 heterocycles. The van der Waals surface area contributed by atoms with E-state index in [9.17, 15) is 4.79 Å². The number of anilines is 1. The summed E-state index contributed by atoms with van der Waals surface area (Å²) in [6.45, 7) is 0. The molecule has 1 N–H and O–H groups in total. The summed E-state index contributed by atoms with van der Waals surface area (Å²) in [5, 5.41) is 5.92. The minimum atomic E-state index is -0.105. The quantitative estimate of drug-likeness (QED) is 0.559. The lowest BCUT2D eigenvalue weighted by atomic mass is 10.0. The van der Waals surface area contributed by atoms with E-state index >= 15 is 0 Å². The molecule has 0 radical (unpaired) electrons. The summed E-state index contributed by atoms with van der Waals surface area (Å²) in [4.78, 5) is 18.1. The predicted molar refractivity (Wildman–Crippen MR) is 106 cm³/mol. The third kappa shape index (κ3) is 3.34. The molecule has 26 heavy (non-hydrogen) atoms. The molecule has 128 valence electrons. The second-order valence-corrected chi connectivity index (χ2v) is 6.97. The van der Waals surface area contributed by atoms with Crippen LogP contribution < -0.4 is 5.32 Å². The standard InChI is InChI=1S/C21H17N3OS/c1-24-14-13-22-21(24)26-17-11-9-16(10-12-17)23-20(25)19-8-4-6-15-5-2-3-7-18(15)19/h2-14H,1H3,(H,23,25). The molecule has 0 unspecified atom stereocenters. The molecule has 0 fully saturated rings. The number of nitrogens with zero attached hydrogens (tertiary/aromatic N) is 2. The second kappa shape index (κ2) is 7.06. The average molecular weight is 359 g/mol. The van der Waals surface area contributed by atoms with Crippen LogP contribution in [0.4, 0.5) is 5.69 Å². The minimum Gasteiger partial charge on any atom is -0.329 e. The Kier molecular flexibility index (Phi) is 4.46. The van der Waals surface area contributed by atoms with Crippen LogP contribution >= 0.6 is 11.8 Å². The van der Waals surface area contributed by atoms with Crippen molar-refractivity contribution >= 4 is 34.1 Å². The highest BCUT2D eigenvalue weighted by Crippen LogP contribution is 2.27. The van der Waals surface area contributed by atoms with Crippen LogP contribution in [0.3, 0.4) is 0 Å². The van der Waals surface area contributed by atoms with Gasteiger partial charge in [0, 0.05) is 35.6 Å². The largest absolute Gasteiger partial charge is 0.329 e. The Labute approximate surface area is 155 Å². The van der Waals surface area contributed by atoms with E-state index in [0.717, 1.165) is 26.5 Å². The van der Waals surface area contributed by atoms with Gasteiger partial charge in [0.15, 0.2) is 5.16 Å². The maximum Gasteiger partial charge on any atom is 0.256 e. The molecule has 4 rings (SSSR count). The Hall–Kier alpha value is -3.05. The maximum absolute atomic E-state index is 12.7. The van der Waals surface area contributed by atoms with Crippen LogP contribution in [0, 0.1) is 0 Å². The average Bonchev–Trinajstić information content (AvgIpc) is 3.07. The van der Waals surface area contributed by atoms with Crippen molar-refractivity contribution in [2.75, 3.05) is 5.32 Å². The van der Waals surface area contributed by atoms with E-state index in [1.54, 1.807) is 18.0 Å². The van der Waals surface area contributed by atoms with Crippen LogP contribution in [0.15, 0.2) is 89.2 Å². The number of amides is 1. The fourth-order valence-electron chi connectivity index (χ4n) is 2.78. The molecule has 5 heteroatoms. The number of carbonyl (C=O) groups is 1. The summed E-state index contributed by atoms with van der Waals surface area (Å²) in [5.41, 5.74) is 1.45. The number of aromatic nitrogens is 2. The van der Waals surface area contributed by atoms with Crippen LogP contribution in [0.5, 0.6) is 0 Å². The Balaban J connectivity index is 1.52. The number of hydrogen-bond donors (Lipinski definition) is 1. The highest BCUT2D eigenvalue weighted by molar-refractivity contribution is 7.99. The molecule has 0 saturated carbocycles. The first-order valence-corrected chi connectivity index (χ1v) is 9.07. The monoisotopic (exact) mass is 359 g/mol. The van der Waals surface area contributed by atoms with Crippen molar-refractivity contribution in [2.24, 2.45) is 7.05 Å². The first-order valence-electron chi connectivity index (χ1n) is 8.25. The molecule has 3 aromatic carbocycles. The summed E-state index contributed by atoms with van der Waals surface area (Å²) < 4.78 is 1.97. The molecular weight excluding hydrogens is 342 g/mol. The van der Waals surface area contributed by atoms with E-state index in [0.29, 0.717) is 5.56 Å². The lowest BCUT2D eigenvalue weighted by Crippen LogP contribution is -2.12. The van der Waals surface area contributed by atoms with Crippen molar-refractivity contribution in [3.8, 4) is 0 Å². The summed E-state index contributed by atoms with van der Waals surface area (Å²) in [6.07, 6.45) is 3.70. The van der Waals surface area contributed by atoms with Crippen LogP contribution in [0.1, 0.15) is 10.4 Å². The first kappa shape index (κ1) is 16.4. The number of rotatable bonds is 4. The van der Waals surface area contributed by atoms with Crippen LogP contribution in [-0.2, 0) is 7.05 Å². The van der Waals surface area contributed by atoms with Crippen molar-refractivity contribution < 1.29 is 4.79 Å². The topological polar surface area (TPSA) is 46.9 Å². The SMILES string of the molecule is Cn1ccnc1Sc1ccc(NC(=O)c2cccc3ccccc23)cc1. The number of imidazole rings is 1. The Bertz CT molecular complexity index is 1060. The fourth-order valence-corrected chi connectivity index (χ4v) is 3.59. The van der Waals surface area contributed by atoms with Gasteiger partial charge >= 0.3 is 0 Å². The molecule has 0 saturated heterocycles. The van der Waals surface area contributed by atoms with Gasteiger partial charge in [0.05, 0.1) is 0 Å². The zero-order valence-electron chi connectivity index (χ0n) is 14.2. The molecular formula is C21H17N3OS. The van der Waals surface area contributed by atoms with Crippen molar-refractivity contribution in [2.45, 2.75) is 10.1 Å². The molecule has 0 aliphatic carbocycles. The Morgan fingerprint density at radius 3 is 2.54 bits per heavy atom. The summed E-state index contributed by atoms with van der Waals surface area (Å²) in [7, 11) is 1.97. The van der Waals surface area contributed by atoms with E-state index in [4.69, 9.17) is 0 Å². The molecule has 0 aliphatic heterocycles. The third-order valence-electron chi connectivity index (χ3n) is 4.13. The highest BCUT2D eigenvalue weighted by atomic mass is 32.2. The van der Waals surface area contributed by atoms with Gasteiger partial charge in [-0.1, -0.05) is 48.2 Å². The molecule has 1 amide bonds. The molecule has 0 spiro atoms. The van der Waals surface area contributed by atoms with Crippen molar-refractivity contribution in [1.82, 2.24) is 9.55 Å².